The molecule has 6 unspecified atom stereocenters. The van der Waals surface area contributed by atoms with Gasteiger partial charge in [0.25, 0.3) is 5.69 Å². The molecule has 1 heterocycles. The molecule has 4 aromatic carbocycles. The van der Waals surface area contributed by atoms with Gasteiger partial charge in [0, 0.05) is 43.2 Å². The molecule has 3 aliphatic rings. The monoisotopic (exact) mass is 818 g/mol. The van der Waals surface area contributed by atoms with Crippen molar-refractivity contribution < 1.29 is 34.2 Å². The second-order valence-corrected chi connectivity index (χ2v) is 16.9. The topological polar surface area (TPSA) is 133 Å². The lowest BCUT2D eigenvalue weighted by Gasteiger charge is -2.58. The fourth-order valence-electron chi connectivity index (χ4n) is 9.12. The quantitative estimate of drug-likeness (QED) is 0.0387. The van der Waals surface area contributed by atoms with Gasteiger partial charge in [0.15, 0.2) is 0 Å². The van der Waals surface area contributed by atoms with Crippen LogP contribution in [0.15, 0.2) is 127 Å². The normalized spacial score (nSPS) is 23.7. The Kier molecular flexibility index (Phi) is 14.2. The third-order valence-electron chi connectivity index (χ3n) is 11.7. The minimum atomic E-state index is -1.04. The summed E-state index contributed by atoms with van der Waals surface area (Å²) >= 11 is 1.79. The van der Waals surface area contributed by atoms with Crippen molar-refractivity contribution >= 4 is 23.2 Å². The average Bonchev–Trinajstić information content (AvgIpc) is 3.26. The summed E-state index contributed by atoms with van der Waals surface area (Å²) < 4.78 is 20.8. The van der Waals surface area contributed by atoms with E-state index in [9.17, 15) is 20.3 Å². The first-order valence-electron chi connectivity index (χ1n) is 20.8. The molecule has 0 radical (unpaired) electrons. The molecule has 7 rings (SSSR count). The third kappa shape index (κ3) is 9.44. The number of ether oxygens (including phenoxy) is 3. The Balaban J connectivity index is 1.31. The summed E-state index contributed by atoms with van der Waals surface area (Å²) in [6.45, 7) is 6.86. The number of allylic oxidation sites excluding steroid dienone is 1. The van der Waals surface area contributed by atoms with Crippen LogP contribution in [-0.4, -0.2) is 57.5 Å². The number of fused-ring (bicyclic) bond motifs is 2. The van der Waals surface area contributed by atoms with Gasteiger partial charge in [0.1, 0.15) is 23.9 Å². The lowest BCUT2D eigenvalue weighted by atomic mass is 9.56. The van der Waals surface area contributed by atoms with Crippen LogP contribution in [0, 0.1) is 27.9 Å². The Morgan fingerprint density at radius 3 is 2.34 bits per heavy atom. The number of hydrogen-bond donors (Lipinski definition) is 2. The average molecular weight is 819 g/mol. The fraction of sp³-hybridized carbons (Fsp3) is 0.396. The molecule has 0 bridgehead atoms. The van der Waals surface area contributed by atoms with E-state index in [-0.39, 0.29) is 54.4 Å². The number of thioether (sulfide) groups is 1. The summed E-state index contributed by atoms with van der Waals surface area (Å²) in [5.41, 5.74) is 5.97. The number of nitrogens with zero attached hydrogens (tertiary/aromatic N) is 2. The van der Waals surface area contributed by atoms with Crippen molar-refractivity contribution in [3.05, 3.63) is 143 Å². The lowest BCUT2D eigenvalue weighted by molar-refractivity contribution is -0.384. The maximum Gasteiger partial charge on any atom is 0.269 e. The number of benzene rings is 4. The highest BCUT2D eigenvalue weighted by Gasteiger charge is 2.63. The van der Waals surface area contributed by atoms with Crippen LogP contribution in [0.3, 0.4) is 0 Å². The second kappa shape index (κ2) is 19.9. The van der Waals surface area contributed by atoms with E-state index in [1.54, 1.807) is 30.0 Å². The minimum absolute atomic E-state index is 0.0222. The number of aliphatic hydroxyl groups excluding tert-OH is 2. The smallest absolute Gasteiger partial charge is 0.269 e. The first-order valence-corrected chi connectivity index (χ1v) is 21.8. The number of rotatable bonds is 20. The number of hydrogen-bond acceptors (Lipinski definition) is 10. The molecule has 2 N–H and O–H groups in total. The van der Waals surface area contributed by atoms with Crippen LogP contribution >= 0.6 is 11.8 Å². The third-order valence-corrected chi connectivity index (χ3v) is 13.0. The predicted molar refractivity (Wildman–Crippen MR) is 233 cm³/mol. The van der Waals surface area contributed by atoms with Gasteiger partial charge in [-0.25, -0.2) is 0 Å². The maximum absolute atomic E-state index is 11.3. The first kappa shape index (κ1) is 42.2. The van der Waals surface area contributed by atoms with E-state index in [0.29, 0.717) is 31.6 Å². The highest BCUT2D eigenvalue weighted by Crippen LogP contribution is 2.62. The Hall–Kier alpha value is -4.94. The highest BCUT2D eigenvalue weighted by atomic mass is 32.2. The van der Waals surface area contributed by atoms with Gasteiger partial charge in [-0.2, -0.15) is 11.8 Å². The number of unbranched alkanes of at least 4 members (excludes halogenated alkanes) is 2. The van der Waals surface area contributed by atoms with Gasteiger partial charge >= 0.3 is 0 Å². The molecule has 4 aromatic rings. The molecular formula is C48H54N2O8S. The van der Waals surface area contributed by atoms with E-state index in [2.05, 4.69) is 49.9 Å². The zero-order chi connectivity index (χ0) is 41.2. The van der Waals surface area contributed by atoms with Gasteiger partial charge in [-0.15, -0.1) is 6.58 Å². The number of non-ortho nitro benzene ring substituents is 1. The summed E-state index contributed by atoms with van der Waals surface area (Å²) in [6, 6.07) is 30.8. The summed E-state index contributed by atoms with van der Waals surface area (Å²) in [4.78, 5) is 16.9. The van der Waals surface area contributed by atoms with Crippen molar-refractivity contribution in [2.45, 2.75) is 75.4 Å². The van der Waals surface area contributed by atoms with Crippen molar-refractivity contribution in [3.63, 3.8) is 0 Å². The van der Waals surface area contributed by atoms with Crippen molar-refractivity contribution in [1.29, 1.82) is 0 Å². The Labute approximate surface area is 351 Å². The standard InChI is InChI=1S/C48H54N2O8S/c1-3-28-55-48-45(59-4-2)31-43(49-56-32-33-16-20-37(21-17-33)50(53)54)41-29-36(14-8-10-26-51)40(15-9-11-27-52)46(47(41)48)42-30-39(24-25-44(42)58-48)57-38-22-18-35(19-23-38)34-12-6-5-7-13-34/h3,5-7,12-13,16-25,29-30,36,40,45-47,51-52H,1,4,8-11,14-15,26-28,31-32H2,2H3. The molecular weight excluding hydrogens is 765 g/mol. The molecule has 11 heteroatoms. The highest BCUT2D eigenvalue weighted by molar-refractivity contribution is 8.00. The van der Waals surface area contributed by atoms with Gasteiger partial charge in [-0.05, 0) is 108 Å². The van der Waals surface area contributed by atoms with Crippen LogP contribution in [-0.2, 0) is 16.2 Å². The molecule has 1 saturated carbocycles. The molecule has 0 saturated heterocycles. The maximum atomic E-state index is 11.3. The minimum Gasteiger partial charge on any atom is -0.460 e. The number of aliphatic hydroxyl groups is 2. The largest absolute Gasteiger partial charge is 0.460 e. The van der Waals surface area contributed by atoms with Crippen LogP contribution in [0.4, 0.5) is 5.69 Å². The van der Waals surface area contributed by atoms with E-state index in [0.717, 1.165) is 76.5 Å². The Bertz CT molecular complexity index is 2090. The number of nitro benzene ring substituents is 1. The molecule has 2 aliphatic carbocycles. The molecule has 1 fully saturated rings. The summed E-state index contributed by atoms with van der Waals surface area (Å²) in [6.07, 6.45) is 9.58. The summed E-state index contributed by atoms with van der Waals surface area (Å²) in [5, 5.41) is 35.7. The molecule has 0 aromatic heterocycles. The molecule has 59 heavy (non-hydrogen) atoms. The van der Waals surface area contributed by atoms with Gasteiger partial charge in [0.2, 0.25) is 5.79 Å². The zero-order valence-corrected chi connectivity index (χ0v) is 34.4. The Morgan fingerprint density at radius 2 is 1.64 bits per heavy atom. The molecule has 0 amide bonds. The fourth-order valence-corrected chi connectivity index (χ4v) is 10.3. The molecule has 1 aliphatic heterocycles. The van der Waals surface area contributed by atoms with Crippen LogP contribution in [0.1, 0.15) is 68.9 Å². The van der Waals surface area contributed by atoms with Gasteiger partial charge in [-0.3, -0.25) is 10.1 Å². The van der Waals surface area contributed by atoms with Crippen LogP contribution in [0.5, 0.6) is 17.2 Å². The summed E-state index contributed by atoms with van der Waals surface area (Å²) in [5.74, 6) is 1.96. The number of nitro groups is 1. The van der Waals surface area contributed by atoms with Gasteiger partial charge in [0.05, 0.1) is 28.4 Å². The van der Waals surface area contributed by atoms with Crippen LogP contribution in [0.25, 0.3) is 11.1 Å². The molecule has 0 spiro atoms. The van der Waals surface area contributed by atoms with Crippen molar-refractivity contribution in [2.24, 2.45) is 22.9 Å². The van der Waals surface area contributed by atoms with E-state index in [4.69, 9.17) is 24.2 Å². The van der Waals surface area contributed by atoms with Gasteiger partial charge in [-0.1, -0.05) is 79.5 Å². The SMILES string of the molecule is C=CCOC12Oc3ccc(Oc4ccc(-c5ccccc5)cc4)cc3C3C(CCCCO)C(CCCCO)C=C(C(=NOCc4ccc([N+](=O)[O-])cc4)CC1SCC)C32. The van der Waals surface area contributed by atoms with Crippen molar-refractivity contribution in [1.82, 2.24) is 0 Å². The molecule has 310 valence electrons. The van der Waals surface area contributed by atoms with Crippen LogP contribution in [0.2, 0.25) is 0 Å². The predicted octanol–water partition coefficient (Wildman–Crippen LogP) is 10.6. The first-order chi connectivity index (χ1) is 28.9. The van der Waals surface area contributed by atoms with Crippen molar-refractivity contribution in [2.75, 3.05) is 25.6 Å². The van der Waals surface area contributed by atoms with E-state index in [1.165, 1.54) is 12.1 Å². The zero-order valence-electron chi connectivity index (χ0n) is 33.6. The molecule has 10 nitrogen and oxygen atoms in total. The van der Waals surface area contributed by atoms with E-state index in [1.807, 2.05) is 42.5 Å². The Morgan fingerprint density at radius 1 is 0.932 bits per heavy atom. The van der Waals surface area contributed by atoms with E-state index < -0.39 is 10.7 Å². The van der Waals surface area contributed by atoms with Crippen molar-refractivity contribution in [3.8, 4) is 28.4 Å². The van der Waals surface area contributed by atoms with E-state index >= 15 is 0 Å². The van der Waals surface area contributed by atoms with Crippen LogP contribution < -0.4 is 9.47 Å². The molecule has 6 atom stereocenters. The summed E-state index contributed by atoms with van der Waals surface area (Å²) in [7, 11) is 0. The second-order valence-electron chi connectivity index (χ2n) is 15.4. The van der Waals surface area contributed by atoms with Gasteiger partial charge < -0.3 is 29.3 Å². The lowest BCUT2D eigenvalue weighted by Crippen LogP contribution is -2.64. The number of oxime groups is 1.